The van der Waals surface area contributed by atoms with E-state index in [2.05, 4.69) is 0 Å². The Morgan fingerprint density at radius 1 is 0.850 bits per heavy atom. The zero-order valence-electron chi connectivity index (χ0n) is 10.6. The summed E-state index contributed by atoms with van der Waals surface area (Å²) in [6.45, 7) is -0.915. The molecule has 1 atom stereocenters. The average Bonchev–Trinajstić information content (AvgIpc) is 2.46. The molecule has 0 aromatic heterocycles. The van der Waals surface area contributed by atoms with Gasteiger partial charge < -0.3 is 10.8 Å². The number of halogens is 3. The van der Waals surface area contributed by atoms with Crippen LogP contribution in [-0.4, -0.2) is 17.8 Å². The molecule has 0 saturated carbocycles. The van der Waals surface area contributed by atoms with Gasteiger partial charge in [-0.25, -0.2) is 0 Å². The van der Waals surface area contributed by atoms with Crippen molar-refractivity contribution in [3.63, 3.8) is 0 Å². The number of benzene rings is 2. The van der Waals surface area contributed by atoms with Crippen molar-refractivity contribution < 1.29 is 18.3 Å². The van der Waals surface area contributed by atoms with Crippen molar-refractivity contribution in [2.24, 2.45) is 5.73 Å². The fourth-order valence-electron chi connectivity index (χ4n) is 1.97. The monoisotopic (exact) mass is 281 g/mol. The van der Waals surface area contributed by atoms with Gasteiger partial charge in [0.15, 0.2) is 5.60 Å². The van der Waals surface area contributed by atoms with Crippen LogP contribution < -0.4 is 5.73 Å². The van der Waals surface area contributed by atoms with Crippen molar-refractivity contribution in [2.75, 3.05) is 6.54 Å². The maximum Gasteiger partial charge on any atom is 0.422 e. The van der Waals surface area contributed by atoms with Crippen LogP contribution in [0.1, 0.15) is 5.56 Å². The number of alkyl halides is 3. The molecule has 0 radical (unpaired) electrons. The highest BCUT2D eigenvalue weighted by Gasteiger charge is 2.53. The third kappa shape index (κ3) is 2.55. The van der Waals surface area contributed by atoms with Gasteiger partial charge in [0.25, 0.3) is 0 Å². The summed E-state index contributed by atoms with van der Waals surface area (Å²) in [6.07, 6.45) is -4.81. The van der Waals surface area contributed by atoms with Crippen molar-refractivity contribution in [3.8, 4) is 11.1 Å². The van der Waals surface area contributed by atoms with Crippen LogP contribution >= 0.6 is 0 Å². The third-order valence-electron chi connectivity index (χ3n) is 3.23. The molecule has 0 aliphatic carbocycles. The Labute approximate surface area is 114 Å². The summed E-state index contributed by atoms with van der Waals surface area (Å²) in [7, 11) is 0. The lowest BCUT2D eigenvalue weighted by atomic mass is 9.91. The van der Waals surface area contributed by atoms with Crippen LogP contribution in [-0.2, 0) is 5.60 Å². The standard InChI is InChI=1S/C15H14F3NO/c16-15(17,18)14(20,10-19)13-8-6-12(7-9-13)11-4-2-1-3-5-11/h1-9,20H,10,19H2. The van der Waals surface area contributed by atoms with E-state index in [1.165, 1.54) is 24.3 Å². The van der Waals surface area contributed by atoms with Crippen molar-refractivity contribution >= 4 is 0 Å². The van der Waals surface area contributed by atoms with Gasteiger partial charge in [-0.05, 0) is 16.7 Å². The van der Waals surface area contributed by atoms with Gasteiger partial charge >= 0.3 is 6.18 Å². The molecule has 0 fully saturated rings. The summed E-state index contributed by atoms with van der Waals surface area (Å²) >= 11 is 0. The topological polar surface area (TPSA) is 46.2 Å². The Hall–Kier alpha value is -1.85. The molecule has 2 nitrogen and oxygen atoms in total. The lowest BCUT2D eigenvalue weighted by Gasteiger charge is -2.29. The summed E-state index contributed by atoms with van der Waals surface area (Å²) in [6, 6.07) is 14.8. The molecule has 0 aliphatic heterocycles. The molecule has 1 unspecified atom stereocenters. The van der Waals surface area contributed by atoms with Gasteiger partial charge in [-0.2, -0.15) is 13.2 Å². The first-order valence-electron chi connectivity index (χ1n) is 6.03. The van der Waals surface area contributed by atoms with Crippen LogP contribution in [0.5, 0.6) is 0 Å². The Kier molecular flexibility index (Phi) is 3.83. The lowest BCUT2D eigenvalue weighted by molar-refractivity contribution is -0.262. The van der Waals surface area contributed by atoms with E-state index in [4.69, 9.17) is 5.73 Å². The Morgan fingerprint density at radius 2 is 1.35 bits per heavy atom. The number of nitrogens with two attached hydrogens (primary N) is 1. The second-order valence-corrected chi connectivity index (χ2v) is 4.51. The molecule has 0 aliphatic rings. The second-order valence-electron chi connectivity index (χ2n) is 4.51. The van der Waals surface area contributed by atoms with Gasteiger partial charge in [0.2, 0.25) is 0 Å². The summed E-state index contributed by atoms with van der Waals surface area (Å²) in [5, 5.41) is 9.74. The van der Waals surface area contributed by atoms with E-state index in [0.29, 0.717) is 0 Å². The predicted molar refractivity (Wildman–Crippen MR) is 70.9 cm³/mol. The van der Waals surface area contributed by atoms with Gasteiger partial charge in [0.1, 0.15) is 0 Å². The minimum atomic E-state index is -4.81. The molecular formula is C15H14F3NO. The lowest BCUT2D eigenvalue weighted by Crippen LogP contribution is -2.48. The van der Waals surface area contributed by atoms with Crippen molar-refractivity contribution in [3.05, 3.63) is 60.2 Å². The maximum absolute atomic E-state index is 12.9. The van der Waals surface area contributed by atoms with Crippen molar-refractivity contribution in [1.29, 1.82) is 0 Å². The first kappa shape index (κ1) is 14.6. The van der Waals surface area contributed by atoms with E-state index < -0.39 is 18.3 Å². The Balaban J connectivity index is 2.38. The van der Waals surface area contributed by atoms with Gasteiger partial charge in [0, 0.05) is 6.54 Å². The van der Waals surface area contributed by atoms with E-state index in [1.807, 2.05) is 30.3 Å². The summed E-state index contributed by atoms with van der Waals surface area (Å²) in [4.78, 5) is 0. The minimum absolute atomic E-state index is 0.257. The minimum Gasteiger partial charge on any atom is -0.375 e. The van der Waals surface area contributed by atoms with E-state index in [1.54, 1.807) is 0 Å². The first-order valence-corrected chi connectivity index (χ1v) is 6.03. The van der Waals surface area contributed by atoms with Gasteiger partial charge in [-0.15, -0.1) is 0 Å². The van der Waals surface area contributed by atoms with Crippen LogP contribution in [0.25, 0.3) is 11.1 Å². The fraction of sp³-hybridized carbons (Fsp3) is 0.200. The van der Waals surface area contributed by atoms with Gasteiger partial charge in [-0.3, -0.25) is 0 Å². The van der Waals surface area contributed by atoms with E-state index in [0.717, 1.165) is 11.1 Å². The highest BCUT2D eigenvalue weighted by Crippen LogP contribution is 2.38. The molecule has 0 amide bonds. The molecule has 2 rings (SSSR count). The number of hydrogen-bond acceptors (Lipinski definition) is 2. The maximum atomic E-state index is 12.9. The number of rotatable bonds is 3. The summed E-state index contributed by atoms with van der Waals surface area (Å²) < 4.78 is 38.7. The second kappa shape index (κ2) is 5.26. The molecule has 3 N–H and O–H groups in total. The summed E-state index contributed by atoms with van der Waals surface area (Å²) in [5.41, 5.74) is 3.50. The van der Waals surface area contributed by atoms with Crippen LogP contribution in [0.4, 0.5) is 13.2 Å². The predicted octanol–water partition coefficient (Wildman–Crippen LogP) is 3.06. The third-order valence-corrected chi connectivity index (χ3v) is 3.23. The number of hydrogen-bond donors (Lipinski definition) is 2. The van der Waals surface area contributed by atoms with E-state index in [-0.39, 0.29) is 5.56 Å². The van der Waals surface area contributed by atoms with E-state index in [9.17, 15) is 18.3 Å². The average molecular weight is 281 g/mol. The highest BCUT2D eigenvalue weighted by atomic mass is 19.4. The quantitative estimate of drug-likeness (QED) is 0.908. The molecule has 0 bridgehead atoms. The molecule has 20 heavy (non-hydrogen) atoms. The van der Waals surface area contributed by atoms with Crippen molar-refractivity contribution in [1.82, 2.24) is 0 Å². The molecule has 0 saturated heterocycles. The van der Waals surface area contributed by atoms with Gasteiger partial charge in [-0.1, -0.05) is 54.6 Å². The fourth-order valence-corrected chi connectivity index (χ4v) is 1.97. The zero-order valence-corrected chi connectivity index (χ0v) is 10.6. The molecule has 0 spiro atoms. The molecule has 0 heterocycles. The molecule has 106 valence electrons. The molecule has 5 heteroatoms. The van der Waals surface area contributed by atoms with Crippen LogP contribution in [0.2, 0.25) is 0 Å². The van der Waals surface area contributed by atoms with Crippen LogP contribution in [0.3, 0.4) is 0 Å². The zero-order chi connectivity index (χ0) is 14.8. The Bertz CT molecular complexity index is 566. The summed E-state index contributed by atoms with van der Waals surface area (Å²) in [5.74, 6) is 0. The largest absolute Gasteiger partial charge is 0.422 e. The first-order chi connectivity index (χ1) is 9.38. The van der Waals surface area contributed by atoms with Crippen LogP contribution in [0, 0.1) is 0 Å². The van der Waals surface area contributed by atoms with E-state index >= 15 is 0 Å². The number of aliphatic hydroxyl groups is 1. The molecule has 2 aromatic carbocycles. The Morgan fingerprint density at radius 3 is 1.80 bits per heavy atom. The normalized spacial score (nSPS) is 14.8. The van der Waals surface area contributed by atoms with Crippen LogP contribution in [0.15, 0.2) is 54.6 Å². The molecular weight excluding hydrogens is 267 g/mol. The van der Waals surface area contributed by atoms with Crippen molar-refractivity contribution in [2.45, 2.75) is 11.8 Å². The smallest absolute Gasteiger partial charge is 0.375 e. The SMILES string of the molecule is NCC(O)(c1ccc(-c2ccccc2)cc1)C(F)(F)F. The highest BCUT2D eigenvalue weighted by molar-refractivity contribution is 5.63. The molecule has 2 aromatic rings. The van der Waals surface area contributed by atoms with Gasteiger partial charge in [0.05, 0.1) is 0 Å².